The normalized spacial score (nSPS) is 27.1. The van der Waals surface area contributed by atoms with Crippen molar-refractivity contribution >= 4 is 11.6 Å². The predicted molar refractivity (Wildman–Crippen MR) is 122 cm³/mol. The van der Waals surface area contributed by atoms with Crippen LogP contribution in [0.5, 0.6) is 0 Å². The summed E-state index contributed by atoms with van der Waals surface area (Å²) in [5.41, 5.74) is 2.26. The second-order valence-corrected chi connectivity index (χ2v) is 9.22. The second kappa shape index (κ2) is 8.43. The van der Waals surface area contributed by atoms with E-state index >= 15 is 0 Å². The number of para-hydroxylation sites is 1. The van der Waals surface area contributed by atoms with Gasteiger partial charge in [0, 0.05) is 24.8 Å². The fourth-order valence-electron chi connectivity index (χ4n) is 6.07. The molecule has 1 N–H and O–H groups in total. The summed E-state index contributed by atoms with van der Waals surface area (Å²) >= 11 is 0. The van der Waals surface area contributed by atoms with Crippen LogP contribution in [0, 0.1) is 0 Å². The molecule has 1 aliphatic carbocycles. The van der Waals surface area contributed by atoms with Gasteiger partial charge in [-0.2, -0.15) is 0 Å². The van der Waals surface area contributed by atoms with Gasteiger partial charge < -0.3 is 10.2 Å². The van der Waals surface area contributed by atoms with Crippen LogP contribution in [0.3, 0.4) is 0 Å². The van der Waals surface area contributed by atoms with E-state index in [1.165, 1.54) is 37.7 Å². The number of nitrogens with one attached hydrogen (secondary N) is 1. The van der Waals surface area contributed by atoms with Crippen LogP contribution in [-0.2, 0) is 4.79 Å². The van der Waals surface area contributed by atoms with Gasteiger partial charge in [-0.25, -0.2) is 0 Å². The molecule has 2 aromatic rings. The molecule has 2 aliphatic heterocycles. The van der Waals surface area contributed by atoms with Crippen LogP contribution in [-0.4, -0.2) is 42.1 Å². The SMILES string of the molecule is O=C1NCN(c2ccccc2)C12CCN([C@H]1CCCCC[C@H]1c1ccccc1)CC2. The molecule has 0 radical (unpaired) electrons. The highest BCUT2D eigenvalue weighted by Crippen LogP contribution is 2.40. The summed E-state index contributed by atoms with van der Waals surface area (Å²) in [5.74, 6) is 0.830. The Hall–Kier alpha value is -2.33. The molecule has 2 saturated heterocycles. The van der Waals surface area contributed by atoms with Crippen molar-refractivity contribution in [2.45, 2.75) is 62.4 Å². The lowest BCUT2D eigenvalue weighted by Gasteiger charge is -2.47. The second-order valence-electron chi connectivity index (χ2n) is 9.22. The number of piperidine rings is 1. The van der Waals surface area contributed by atoms with E-state index in [9.17, 15) is 4.79 Å². The van der Waals surface area contributed by atoms with Gasteiger partial charge in [-0.1, -0.05) is 67.8 Å². The van der Waals surface area contributed by atoms with Crippen molar-refractivity contribution in [3.63, 3.8) is 0 Å². The molecule has 2 aromatic carbocycles. The van der Waals surface area contributed by atoms with Crippen LogP contribution < -0.4 is 10.2 Å². The number of hydrogen-bond donors (Lipinski definition) is 1. The molecule has 1 saturated carbocycles. The van der Waals surface area contributed by atoms with E-state index in [4.69, 9.17) is 0 Å². The summed E-state index contributed by atoms with van der Waals surface area (Å²) in [5, 5.41) is 3.14. The number of carbonyl (C=O) groups excluding carboxylic acids is 1. The zero-order valence-corrected chi connectivity index (χ0v) is 17.8. The molecule has 0 bridgehead atoms. The molecule has 1 amide bonds. The smallest absolute Gasteiger partial charge is 0.247 e. The lowest BCUT2D eigenvalue weighted by Crippen LogP contribution is -2.58. The highest BCUT2D eigenvalue weighted by atomic mass is 16.2. The molecule has 3 aliphatic rings. The van der Waals surface area contributed by atoms with Crippen LogP contribution >= 0.6 is 0 Å². The molecule has 4 heteroatoms. The first-order valence-electron chi connectivity index (χ1n) is 11.7. The van der Waals surface area contributed by atoms with Crippen molar-refractivity contribution in [2.24, 2.45) is 0 Å². The molecule has 5 rings (SSSR count). The maximum absolute atomic E-state index is 13.0. The van der Waals surface area contributed by atoms with Gasteiger partial charge >= 0.3 is 0 Å². The van der Waals surface area contributed by atoms with E-state index in [-0.39, 0.29) is 11.4 Å². The zero-order valence-electron chi connectivity index (χ0n) is 17.8. The molecule has 0 aromatic heterocycles. The van der Waals surface area contributed by atoms with Gasteiger partial charge in [-0.05, 0) is 49.3 Å². The Morgan fingerprint density at radius 3 is 2.23 bits per heavy atom. The topological polar surface area (TPSA) is 35.6 Å². The van der Waals surface area contributed by atoms with E-state index in [0.717, 1.165) is 31.6 Å². The Kier molecular flexibility index (Phi) is 5.51. The number of likely N-dealkylation sites (tertiary alicyclic amines) is 1. The summed E-state index contributed by atoms with van der Waals surface area (Å²) in [4.78, 5) is 18.0. The molecular weight excluding hydrogens is 370 g/mol. The summed E-state index contributed by atoms with van der Waals surface area (Å²) in [6.07, 6.45) is 8.39. The number of nitrogens with zero attached hydrogens (tertiary/aromatic N) is 2. The van der Waals surface area contributed by atoms with E-state index in [2.05, 4.69) is 69.7 Å². The molecule has 2 heterocycles. The van der Waals surface area contributed by atoms with Crippen molar-refractivity contribution in [1.82, 2.24) is 10.2 Å². The van der Waals surface area contributed by atoms with Crippen molar-refractivity contribution in [3.8, 4) is 0 Å². The third kappa shape index (κ3) is 3.51. The minimum Gasteiger partial charge on any atom is -0.339 e. The number of carbonyl (C=O) groups is 1. The van der Waals surface area contributed by atoms with Crippen LogP contribution in [0.1, 0.15) is 56.4 Å². The quantitative estimate of drug-likeness (QED) is 0.765. The van der Waals surface area contributed by atoms with Gasteiger partial charge in [0.1, 0.15) is 5.54 Å². The first kappa shape index (κ1) is 19.6. The third-order valence-electron chi connectivity index (χ3n) is 7.71. The van der Waals surface area contributed by atoms with Crippen molar-refractivity contribution < 1.29 is 4.79 Å². The molecule has 2 atom stereocenters. The number of benzene rings is 2. The zero-order chi connectivity index (χ0) is 20.4. The lowest BCUT2D eigenvalue weighted by molar-refractivity contribution is -0.125. The van der Waals surface area contributed by atoms with E-state index < -0.39 is 0 Å². The fourth-order valence-corrected chi connectivity index (χ4v) is 6.07. The largest absolute Gasteiger partial charge is 0.339 e. The lowest BCUT2D eigenvalue weighted by atomic mass is 9.81. The fraction of sp³-hybridized carbons (Fsp3) is 0.500. The maximum atomic E-state index is 13.0. The first-order valence-corrected chi connectivity index (χ1v) is 11.7. The summed E-state index contributed by atoms with van der Waals surface area (Å²) in [6, 6.07) is 22.2. The number of rotatable bonds is 3. The van der Waals surface area contributed by atoms with Gasteiger partial charge in [-0.15, -0.1) is 0 Å². The van der Waals surface area contributed by atoms with Gasteiger partial charge in [0.2, 0.25) is 5.91 Å². The maximum Gasteiger partial charge on any atom is 0.247 e. The molecule has 30 heavy (non-hydrogen) atoms. The average Bonchev–Trinajstić information content (AvgIpc) is 2.96. The van der Waals surface area contributed by atoms with E-state index in [1.807, 2.05) is 6.07 Å². The van der Waals surface area contributed by atoms with E-state index in [0.29, 0.717) is 18.6 Å². The Morgan fingerprint density at radius 2 is 1.50 bits per heavy atom. The highest BCUT2D eigenvalue weighted by molar-refractivity contribution is 5.93. The Labute approximate surface area is 180 Å². The third-order valence-corrected chi connectivity index (χ3v) is 7.71. The molecule has 4 nitrogen and oxygen atoms in total. The van der Waals surface area contributed by atoms with Crippen LogP contribution in [0.2, 0.25) is 0 Å². The van der Waals surface area contributed by atoms with Crippen LogP contribution in [0.4, 0.5) is 5.69 Å². The summed E-state index contributed by atoms with van der Waals surface area (Å²) in [6.45, 7) is 2.63. The Balaban J connectivity index is 1.35. The molecular formula is C26H33N3O. The number of hydrogen-bond acceptors (Lipinski definition) is 3. The van der Waals surface area contributed by atoms with Crippen molar-refractivity contribution in [2.75, 3.05) is 24.7 Å². The van der Waals surface area contributed by atoms with Crippen molar-refractivity contribution in [1.29, 1.82) is 0 Å². The standard InChI is InChI=1S/C26H33N3O/c30-25-26(29(20-27-25)22-12-6-2-7-13-22)16-18-28(19-17-26)24-15-9-3-8-14-23(24)21-10-4-1-5-11-21/h1-2,4-7,10-13,23-24H,3,8-9,14-20H2,(H,27,30)/t23-,24-/m0/s1. The van der Waals surface area contributed by atoms with Crippen LogP contribution in [0.15, 0.2) is 60.7 Å². The highest BCUT2D eigenvalue weighted by Gasteiger charge is 2.51. The minimum atomic E-state index is -0.384. The Morgan fingerprint density at radius 1 is 0.833 bits per heavy atom. The molecule has 1 spiro atoms. The number of anilines is 1. The van der Waals surface area contributed by atoms with E-state index in [1.54, 1.807) is 0 Å². The van der Waals surface area contributed by atoms with Gasteiger partial charge in [0.05, 0.1) is 6.67 Å². The predicted octanol–water partition coefficient (Wildman–Crippen LogP) is 4.53. The number of amides is 1. The van der Waals surface area contributed by atoms with Crippen molar-refractivity contribution in [3.05, 3.63) is 66.2 Å². The van der Waals surface area contributed by atoms with Gasteiger partial charge in [-0.3, -0.25) is 9.69 Å². The van der Waals surface area contributed by atoms with Gasteiger partial charge in [0.15, 0.2) is 0 Å². The summed E-state index contributed by atoms with van der Waals surface area (Å²) in [7, 11) is 0. The Bertz CT molecular complexity index is 845. The molecule has 0 unspecified atom stereocenters. The molecule has 158 valence electrons. The average molecular weight is 404 g/mol. The minimum absolute atomic E-state index is 0.214. The summed E-state index contributed by atoms with van der Waals surface area (Å²) < 4.78 is 0. The van der Waals surface area contributed by atoms with Gasteiger partial charge in [0.25, 0.3) is 0 Å². The first-order chi connectivity index (χ1) is 14.8. The van der Waals surface area contributed by atoms with Crippen LogP contribution in [0.25, 0.3) is 0 Å². The monoisotopic (exact) mass is 403 g/mol. The molecule has 3 fully saturated rings.